The summed E-state index contributed by atoms with van der Waals surface area (Å²) >= 11 is 0. The lowest BCUT2D eigenvalue weighted by Crippen LogP contribution is -2.45. The summed E-state index contributed by atoms with van der Waals surface area (Å²) in [5.41, 5.74) is 0. The molecule has 2 aliphatic heterocycles. The number of rotatable bonds is 4. The van der Waals surface area contributed by atoms with E-state index in [1.807, 2.05) is 0 Å². The van der Waals surface area contributed by atoms with Crippen LogP contribution < -0.4 is 5.32 Å². The van der Waals surface area contributed by atoms with Gasteiger partial charge in [0.25, 0.3) is 0 Å². The topological polar surface area (TPSA) is 41.6 Å². The molecule has 2 aliphatic carbocycles. The maximum atomic E-state index is 12.6. The number of hydrogen-bond acceptors (Lipinski definition) is 3. The molecule has 4 heteroatoms. The maximum absolute atomic E-state index is 12.6. The monoisotopic (exact) mass is 290 g/mol. The number of amides is 1. The summed E-state index contributed by atoms with van der Waals surface area (Å²) in [4.78, 5) is 14.7. The average Bonchev–Trinajstić information content (AvgIpc) is 3.22. The number of carbonyl (C=O) groups excluding carboxylic acids is 1. The second-order valence-electron chi connectivity index (χ2n) is 7.17. The predicted molar refractivity (Wildman–Crippen MR) is 80.8 cm³/mol. The van der Waals surface area contributed by atoms with Gasteiger partial charge in [-0.1, -0.05) is 12.2 Å². The summed E-state index contributed by atoms with van der Waals surface area (Å²) < 4.78 is 5.40. The molecule has 2 heterocycles. The molecule has 21 heavy (non-hydrogen) atoms. The van der Waals surface area contributed by atoms with E-state index in [1.165, 1.54) is 12.8 Å². The standard InChI is InChI=1S/C17H26N2O2/c20-17-16(3-6-19(17)15-4-7-21-8-5-15)18-11-14-10-12-1-2-13(14)9-12/h1-2,12-16,18H,3-11H2/t12-,13-,14+,16-/m0/s1. The Morgan fingerprint density at radius 2 is 2.05 bits per heavy atom. The fourth-order valence-corrected chi connectivity index (χ4v) is 4.67. The lowest BCUT2D eigenvalue weighted by atomic mass is 9.93. The van der Waals surface area contributed by atoms with Crippen molar-refractivity contribution in [2.24, 2.45) is 17.8 Å². The Morgan fingerprint density at radius 1 is 1.19 bits per heavy atom. The van der Waals surface area contributed by atoms with Crippen molar-refractivity contribution in [3.8, 4) is 0 Å². The first kappa shape index (κ1) is 13.8. The molecule has 0 aromatic rings. The molecule has 1 saturated carbocycles. The van der Waals surface area contributed by atoms with E-state index in [0.29, 0.717) is 11.9 Å². The highest BCUT2D eigenvalue weighted by atomic mass is 16.5. The summed E-state index contributed by atoms with van der Waals surface area (Å²) in [7, 11) is 0. The van der Waals surface area contributed by atoms with Crippen LogP contribution in [-0.2, 0) is 9.53 Å². The number of carbonyl (C=O) groups is 1. The first-order chi connectivity index (χ1) is 10.3. The number of allylic oxidation sites excluding steroid dienone is 2. The zero-order valence-electron chi connectivity index (χ0n) is 12.7. The van der Waals surface area contributed by atoms with E-state index < -0.39 is 0 Å². The molecule has 4 nitrogen and oxygen atoms in total. The van der Waals surface area contributed by atoms with Crippen molar-refractivity contribution >= 4 is 5.91 Å². The summed E-state index contributed by atoms with van der Waals surface area (Å²) in [6, 6.07) is 0.486. The number of fused-ring (bicyclic) bond motifs is 2. The number of nitrogens with zero attached hydrogens (tertiary/aromatic N) is 1. The summed E-state index contributed by atoms with van der Waals surface area (Å²) in [6.07, 6.45) is 10.4. The third kappa shape index (κ3) is 2.64. The van der Waals surface area contributed by atoms with E-state index in [0.717, 1.165) is 63.3 Å². The Morgan fingerprint density at radius 3 is 2.76 bits per heavy atom. The van der Waals surface area contributed by atoms with Gasteiger partial charge >= 0.3 is 0 Å². The lowest BCUT2D eigenvalue weighted by Gasteiger charge is -2.31. The first-order valence-electron chi connectivity index (χ1n) is 8.61. The van der Waals surface area contributed by atoms with Crippen LogP contribution in [0.15, 0.2) is 12.2 Å². The molecule has 116 valence electrons. The van der Waals surface area contributed by atoms with Crippen LogP contribution in [0.4, 0.5) is 0 Å². The molecule has 2 saturated heterocycles. The van der Waals surface area contributed by atoms with Gasteiger partial charge in [0.15, 0.2) is 0 Å². The molecule has 0 aromatic carbocycles. The van der Waals surface area contributed by atoms with Gasteiger partial charge in [-0.15, -0.1) is 0 Å². The average molecular weight is 290 g/mol. The Hall–Kier alpha value is -0.870. The van der Waals surface area contributed by atoms with Crippen LogP contribution in [0.25, 0.3) is 0 Å². The second kappa shape index (κ2) is 5.73. The van der Waals surface area contributed by atoms with Crippen LogP contribution in [0.5, 0.6) is 0 Å². The Kier molecular flexibility index (Phi) is 3.76. The van der Waals surface area contributed by atoms with Gasteiger partial charge in [0.2, 0.25) is 5.91 Å². The SMILES string of the molecule is O=C1[C@@H](NC[C@H]2C[C@H]3C=C[C@H]2C3)CCN1C1CCOCC1. The molecule has 0 unspecified atom stereocenters. The van der Waals surface area contributed by atoms with Crippen LogP contribution in [0.2, 0.25) is 0 Å². The van der Waals surface area contributed by atoms with Crippen molar-refractivity contribution < 1.29 is 9.53 Å². The van der Waals surface area contributed by atoms with Crippen LogP contribution in [0, 0.1) is 17.8 Å². The second-order valence-corrected chi connectivity index (χ2v) is 7.17. The zero-order chi connectivity index (χ0) is 14.2. The van der Waals surface area contributed by atoms with Crippen LogP contribution in [0.3, 0.4) is 0 Å². The van der Waals surface area contributed by atoms with Crippen molar-refractivity contribution in [1.29, 1.82) is 0 Å². The normalized spacial score (nSPS) is 39.6. The van der Waals surface area contributed by atoms with Crippen molar-refractivity contribution in [1.82, 2.24) is 10.2 Å². The van der Waals surface area contributed by atoms with E-state index in [9.17, 15) is 4.79 Å². The molecule has 1 N–H and O–H groups in total. The number of hydrogen-bond donors (Lipinski definition) is 1. The van der Waals surface area contributed by atoms with Crippen LogP contribution >= 0.6 is 0 Å². The summed E-state index contributed by atoms with van der Waals surface area (Å²) in [6.45, 7) is 3.56. The molecule has 4 aliphatic rings. The predicted octanol–water partition coefficient (Wildman–Crippen LogP) is 1.57. The van der Waals surface area contributed by atoms with Gasteiger partial charge in [-0.05, 0) is 56.4 Å². The third-order valence-corrected chi connectivity index (χ3v) is 5.91. The van der Waals surface area contributed by atoms with E-state index in [-0.39, 0.29) is 6.04 Å². The van der Waals surface area contributed by atoms with Gasteiger partial charge in [-0.2, -0.15) is 0 Å². The molecular formula is C17H26N2O2. The number of nitrogens with one attached hydrogen (secondary N) is 1. The van der Waals surface area contributed by atoms with Crippen LogP contribution in [-0.4, -0.2) is 49.2 Å². The molecule has 0 radical (unpaired) electrons. The first-order valence-corrected chi connectivity index (χ1v) is 8.61. The lowest BCUT2D eigenvalue weighted by molar-refractivity contribution is -0.133. The van der Waals surface area contributed by atoms with Gasteiger partial charge in [0, 0.05) is 25.8 Å². The largest absolute Gasteiger partial charge is 0.381 e. The Balaban J connectivity index is 1.28. The maximum Gasteiger partial charge on any atom is 0.240 e. The fourth-order valence-electron chi connectivity index (χ4n) is 4.67. The molecule has 3 fully saturated rings. The van der Waals surface area contributed by atoms with E-state index in [4.69, 9.17) is 4.74 Å². The summed E-state index contributed by atoms with van der Waals surface area (Å²) in [5, 5.41) is 3.57. The van der Waals surface area contributed by atoms with E-state index in [1.54, 1.807) is 0 Å². The minimum Gasteiger partial charge on any atom is -0.381 e. The van der Waals surface area contributed by atoms with Crippen molar-refractivity contribution in [2.45, 2.75) is 44.2 Å². The van der Waals surface area contributed by atoms with Crippen LogP contribution in [0.1, 0.15) is 32.1 Å². The molecule has 4 rings (SSSR count). The molecule has 0 aromatic heterocycles. The summed E-state index contributed by atoms with van der Waals surface area (Å²) in [5.74, 6) is 2.68. The third-order valence-electron chi connectivity index (χ3n) is 5.91. The molecule has 0 spiro atoms. The van der Waals surface area contributed by atoms with Gasteiger partial charge in [0.05, 0.1) is 6.04 Å². The molecule has 2 bridgehead atoms. The fraction of sp³-hybridized carbons (Fsp3) is 0.824. The number of ether oxygens (including phenoxy) is 1. The van der Waals surface area contributed by atoms with Gasteiger partial charge in [0.1, 0.15) is 0 Å². The highest BCUT2D eigenvalue weighted by molar-refractivity contribution is 5.84. The van der Waals surface area contributed by atoms with E-state index >= 15 is 0 Å². The highest BCUT2D eigenvalue weighted by Gasteiger charge is 2.39. The Labute approximate surface area is 126 Å². The molecular weight excluding hydrogens is 264 g/mol. The van der Waals surface area contributed by atoms with Gasteiger partial charge in [-0.3, -0.25) is 4.79 Å². The number of likely N-dealkylation sites (tertiary alicyclic amines) is 1. The van der Waals surface area contributed by atoms with Gasteiger partial charge in [-0.25, -0.2) is 0 Å². The van der Waals surface area contributed by atoms with E-state index in [2.05, 4.69) is 22.4 Å². The minimum atomic E-state index is 0.0657. The molecule has 1 amide bonds. The van der Waals surface area contributed by atoms with Crippen molar-refractivity contribution in [2.75, 3.05) is 26.3 Å². The molecule has 4 atom stereocenters. The van der Waals surface area contributed by atoms with Crippen molar-refractivity contribution in [3.63, 3.8) is 0 Å². The Bertz CT molecular complexity index is 431. The van der Waals surface area contributed by atoms with Crippen molar-refractivity contribution in [3.05, 3.63) is 12.2 Å². The minimum absolute atomic E-state index is 0.0657. The quantitative estimate of drug-likeness (QED) is 0.799. The highest BCUT2D eigenvalue weighted by Crippen LogP contribution is 2.43. The smallest absolute Gasteiger partial charge is 0.240 e. The van der Waals surface area contributed by atoms with Gasteiger partial charge < -0.3 is 15.0 Å². The zero-order valence-corrected chi connectivity index (χ0v) is 12.7.